The molecule has 0 saturated carbocycles. The van der Waals surface area contributed by atoms with Gasteiger partial charge in [0.1, 0.15) is 10.1 Å². The summed E-state index contributed by atoms with van der Waals surface area (Å²) in [5, 5.41) is 8.82. The normalized spacial score (nSPS) is 12.4. The van der Waals surface area contributed by atoms with Gasteiger partial charge >= 0.3 is 5.97 Å². The van der Waals surface area contributed by atoms with Gasteiger partial charge in [-0.2, -0.15) is 15.0 Å². The number of hydrogen-bond acceptors (Lipinski definition) is 9. The molecule has 0 saturated heterocycles. The zero-order chi connectivity index (χ0) is 21.9. The molecule has 10 nitrogen and oxygen atoms in total. The predicted molar refractivity (Wildman–Crippen MR) is 113 cm³/mol. The SMILES string of the molecule is CC[C@@H](Sc1cc(Cl)c(C)cc1S(=O)(=O)Nc1nc(N)nc(N(C)C)n1)C(=O)O. The molecule has 1 heterocycles. The van der Waals surface area contributed by atoms with Gasteiger partial charge in [0.05, 0.1) is 0 Å². The fourth-order valence-electron chi connectivity index (χ4n) is 2.20. The molecule has 0 bridgehead atoms. The molecule has 2 aromatic rings. The van der Waals surface area contributed by atoms with Crippen LogP contribution in [0.4, 0.5) is 17.8 Å². The summed E-state index contributed by atoms with van der Waals surface area (Å²) >= 11 is 7.05. The molecule has 0 aliphatic carbocycles. The van der Waals surface area contributed by atoms with Crippen molar-refractivity contribution in [1.29, 1.82) is 0 Å². The summed E-state index contributed by atoms with van der Waals surface area (Å²) in [7, 11) is -0.836. The number of carboxylic acid groups (broad SMARTS) is 1. The Hall–Kier alpha value is -2.31. The molecular weight excluding hydrogens is 440 g/mol. The van der Waals surface area contributed by atoms with Crippen molar-refractivity contribution in [2.75, 3.05) is 29.5 Å². The molecule has 0 aliphatic rings. The van der Waals surface area contributed by atoms with Crippen molar-refractivity contribution in [2.45, 2.75) is 35.3 Å². The maximum atomic E-state index is 13.0. The molecule has 1 aromatic carbocycles. The second kappa shape index (κ2) is 9.01. The molecule has 0 radical (unpaired) electrons. The highest BCUT2D eigenvalue weighted by Gasteiger charge is 2.26. The van der Waals surface area contributed by atoms with Crippen LogP contribution < -0.4 is 15.4 Å². The second-order valence-electron chi connectivity index (χ2n) is 6.22. The number of aryl methyl sites for hydroxylation is 1. The van der Waals surface area contributed by atoms with Crippen molar-refractivity contribution in [2.24, 2.45) is 0 Å². The lowest BCUT2D eigenvalue weighted by Gasteiger charge is -2.16. The number of aromatic nitrogens is 3. The van der Waals surface area contributed by atoms with E-state index in [2.05, 4.69) is 19.7 Å². The zero-order valence-electron chi connectivity index (χ0n) is 16.2. The Labute approximate surface area is 177 Å². The number of rotatable bonds is 8. The van der Waals surface area contributed by atoms with Gasteiger partial charge in [-0.05, 0) is 31.0 Å². The van der Waals surface area contributed by atoms with Gasteiger partial charge in [-0.15, -0.1) is 11.8 Å². The molecule has 0 aliphatic heterocycles. The minimum atomic E-state index is -4.17. The third kappa shape index (κ3) is 5.61. The number of nitrogens with zero attached hydrogens (tertiary/aromatic N) is 4. The fourth-order valence-corrected chi connectivity index (χ4v) is 4.94. The first-order valence-corrected chi connectivity index (χ1v) is 11.1. The standard InChI is InChI=1S/C16H21ClN6O4S2/c1-5-10(13(24)25)28-11-7-9(17)8(2)6-12(11)29(26,27)22-15-19-14(18)20-16(21-15)23(3)4/h6-7,10H,5H2,1-4H3,(H,24,25)(H3,18,19,20,21,22)/t10-/m1/s1. The van der Waals surface area contributed by atoms with Gasteiger partial charge in [-0.25, -0.2) is 13.1 Å². The van der Waals surface area contributed by atoms with Crippen LogP contribution >= 0.6 is 23.4 Å². The third-order valence-electron chi connectivity index (χ3n) is 3.70. The molecule has 2 rings (SSSR count). The first kappa shape index (κ1) is 23.0. The highest BCUT2D eigenvalue weighted by atomic mass is 35.5. The lowest BCUT2D eigenvalue weighted by Crippen LogP contribution is -2.21. The monoisotopic (exact) mass is 460 g/mol. The number of nitrogen functional groups attached to an aromatic ring is 1. The van der Waals surface area contributed by atoms with Crippen molar-refractivity contribution < 1.29 is 18.3 Å². The second-order valence-corrected chi connectivity index (χ2v) is 9.52. The van der Waals surface area contributed by atoms with E-state index >= 15 is 0 Å². The molecule has 1 aromatic heterocycles. The highest BCUT2D eigenvalue weighted by molar-refractivity contribution is 8.01. The summed E-state index contributed by atoms with van der Waals surface area (Å²) < 4.78 is 28.4. The average molecular weight is 461 g/mol. The number of aliphatic carboxylic acids is 1. The zero-order valence-corrected chi connectivity index (χ0v) is 18.6. The van der Waals surface area contributed by atoms with E-state index in [0.29, 0.717) is 17.0 Å². The van der Waals surface area contributed by atoms with E-state index in [0.717, 1.165) is 11.8 Å². The fraction of sp³-hybridized carbons (Fsp3) is 0.375. The number of benzene rings is 1. The van der Waals surface area contributed by atoms with Crippen LogP contribution in [0.5, 0.6) is 0 Å². The first-order valence-electron chi connectivity index (χ1n) is 8.36. The van der Waals surface area contributed by atoms with E-state index in [1.165, 1.54) is 12.1 Å². The van der Waals surface area contributed by atoms with Gasteiger partial charge in [0, 0.05) is 24.0 Å². The van der Waals surface area contributed by atoms with Crippen molar-refractivity contribution in [3.63, 3.8) is 0 Å². The van der Waals surface area contributed by atoms with E-state index in [1.807, 2.05) is 0 Å². The van der Waals surface area contributed by atoms with E-state index in [9.17, 15) is 18.3 Å². The lowest BCUT2D eigenvalue weighted by molar-refractivity contribution is -0.136. The molecule has 0 unspecified atom stereocenters. The Bertz CT molecular complexity index is 1030. The molecule has 0 spiro atoms. The van der Waals surface area contributed by atoms with Crippen LogP contribution in [0.25, 0.3) is 0 Å². The number of halogens is 1. The summed E-state index contributed by atoms with van der Waals surface area (Å²) in [6, 6.07) is 2.81. The average Bonchev–Trinajstić information content (AvgIpc) is 2.60. The summed E-state index contributed by atoms with van der Waals surface area (Å²) in [6.45, 7) is 3.35. The summed E-state index contributed by atoms with van der Waals surface area (Å²) in [5.74, 6) is -1.28. The van der Waals surface area contributed by atoms with Gasteiger partial charge in [-0.1, -0.05) is 18.5 Å². The van der Waals surface area contributed by atoms with Crippen molar-refractivity contribution in [3.05, 3.63) is 22.7 Å². The third-order valence-corrected chi connectivity index (χ3v) is 7.01. The van der Waals surface area contributed by atoms with E-state index in [4.69, 9.17) is 17.3 Å². The molecule has 0 amide bonds. The Morgan fingerprint density at radius 2 is 2.00 bits per heavy atom. The molecule has 1 atom stereocenters. The molecule has 0 fully saturated rings. The molecular formula is C16H21ClN6O4S2. The van der Waals surface area contributed by atoms with Crippen LogP contribution in [0.2, 0.25) is 5.02 Å². The quantitative estimate of drug-likeness (QED) is 0.500. The van der Waals surface area contributed by atoms with Crippen molar-refractivity contribution in [1.82, 2.24) is 15.0 Å². The van der Waals surface area contributed by atoms with Gasteiger partial charge in [0.25, 0.3) is 10.0 Å². The minimum absolute atomic E-state index is 0.130. The number of hydrogen-bond donors (Lipinski definition) is 3. The number of carboxylic acids is 1. The summed E-state index contributed by atoms with van der Waals surface area (Å²) in [4.78, 5) is 24.8. The van der Waals surface area contributed by atoms with E-state index in [-0.39, 0.29) is 27.6 Å². The Kier molecular flexibility index (Phi) is 7.14. The molecule has 29 heavy (non-hydrogen) atoms. The number of nitrogens with two attached hydrogens (primary N) is 1. The highest BCUT2D eigenvalue weighted by Crippen LogP contribution is 2.36. The largest absolute Gasteiger partial charge is 0.480 e. The number of sulfonamides is 1. The lowest BCUT2D eigenvalue weighted by atomic mass is 10.2. The van der Waals surface area contributed by atoms with Crippen LogP contribution in [0.1, 0.15) is 18.9 Å². The van der Waals surface area contributed by atoms with Crippen molar-refractivity contribution >= 4 is 57.2 Å². The molecule has 13 heteroatoms. The van der Waals surface area contributed by atoms with Gasteiger partial charge in [0.2, 0.25) is 17.8 Å². The van der Waals surface area contributed by atoms with Crippen LogP contribution in [0, 0.1) is 6.92 Å². The van der Waals surface area contributed by atoms with Crippen LogP contribution in [0.3, 0.4) is 0 Å². The van der Waals surface area contributed by atoms with E-state index in [1.54, 1.807) is 32.8 Å². The number of anilines is 3. The minimum Gasteiger partial charge on any atom is -0.480 e. The number of thioether (sulfide) groups is 1. The van der Waals surface area contributed by atoms with Gasteiger partial charge in [0.15, 0.2) is 0 Å². The van der Waals surface area contributed by atoms with Gasteiger partial charge < -0.3 is 15.7 Å². The topological polar surface area (TPSA) is 151 Å². The molecule has 158 valence electrons. The Morgan fingerprint density at radius 3 is 2.55 bits per heavy atom. The number of nitrogens with one attached hydrogen (secondary N) is 1. The summed E-state index contributed by atoms with van der Waals surface area (Å²) in [6.07, 6.45) is 0.300. The predicted octanol–water partition coefficient (Wildman–Crippen LogP) is 2.24. The van der Waals surface area contributed by atoms with Crippen molar-refractivity contribution in [3.8, 4) is 0 Å². The van der Waals surface area contributed by atoms with Crippen LogP contribution in [-0.2, 0) is 14.8 Å². The maximum Gasteiger partial charge on any atom is 0.316 e. The van der Waals surface area contributed by atoms with Crippen LogP contribution in [-0.4, -0.2) is 53.8 Å². The smallest absolute Gasteiger partial charge is 0.316 e. The Balaban J connectivity index is 2.51. The number of carbonyl (C=O) groups is 1. The van der Waals surface area contributed by atoms with E-state index < -0.39 is 21.2 Å². The van der Waals surface area contributed by atoms with Crippen LogP contribution in [0.15, 0.2) is 21.9 Å². The summed E-state index contributed by atoms with van der Waals surface area (Å²) in [5.41, 5.74) is 6.15. The first-order chi connectivity index (χ1) is 13.4. The Morgan fingerprint density at radius 1 is 1.34 bits per heavy atom. The van der Waals surface area contributed by atoms with Gasteiger partial charge in [-0.3, -0.25) is 4.79 Å². The molecule has 4 N–H and O–H groups in total. The maximum absolute atomic E-state index is 13.0.